The highest BCUT2D eigenvalue weighted by Gasteiger charge is 2.42. The molecule has 2 fully saturated rings. The van der Waals surface area contributed by atoms with Gasteiger partial charge in [-0.25, -0.2) is 4.39 Å². The van der Waals surface area contributed by atoms with E-state index in [2.05, 4.69) is 27.8 Å². The summed E-state index contributed by atoms with van der Waals surface area (Å²) in [5.41, 5.74) is 2.90. The zero-order valence-corrected chi connectivity index (χ0v) is 21.6. The van der Waals surface area contributed by atoms with Gasteiger partial charge in [0, 0.05) is 62.9 Å². The first-order valence-electron chi connectivity index (χ1n) is 13.2. The maximum atomic E-state index is 15.4. The molecule has 2 atom stereocenters. The Morgan fingerprint density at radius 2 is 2.00 bits per heavy atom. The molecule has 0 aliphatic carbocycles. The van der Waals surface area contributed by atoms with Crippen LogP contribution in [0.25, 0.3) is 0 Å². The van der Waals surface area contributed by atoms with Crippen LogP contribution in [-0.2, 0) is 6.54 Å². The van der Waals surface area contributed by atoms with Gasteiger partial charge < -0.3 is 14.5 Å². The number of pyridine rings is 1. The summed E-state index contributed by atoms with van der Waals surface area (Å²) in [5, 5.41) is 0. The van der Waals surface area contributed by atoms with Gasteiger partial charge in [0.1, 0.15) is 11.6 Å². The first kappa shape index (κ1) is 25.2. The fourth-order valence-corrected chi connectivity index (χ4v) is 5.50. The van der Waals surface area contributed by atoms with Gasteiger partial charge >= 0.3 is 0 Å². The van der Waals surface area contributed by atoms with Crippen LogP contribution in [0.2, 0.25) is 0 Å². The maximum Gasteiger partial charge on any atom is 0.258 e. The Kier molecular flexibility index (Phi) is 7.70. The van der Waals surface area contributed by atoms with Gasteiger partial charge in [0.25, 0.3) is 5.91 Å². The molecule has 0 spiro atoms. The van der Waals surface area contributed by atoms with Crippen LogP contribution in [0.3, 0.4) is 0 Å². The van der Waals surface area contributed by atoms with Gasteiger partial charge in [-0.1, -0.05) is 19.4 Å². The summed E-state index contributed by atoms with van der Waals surface area (Å²) in [7, 11) is 1.68. The van der Waals surface area contributed by atoms with E-state index in [1.165, 1.54) is 16.5 Å². The van der Waals surface area contributed by atoms with E-state index >= 15 is 4.39 Å². The highest BCUT2D eigenvalue weighted by atomic mass is 19.1. The van der Waals surface area contributed by atoms with Crippen LogP contribution in [0.1, 0.15) is 42.1 Å². The Balaban J connectivity index is 1.23. The molecule has 0 bridgehead atoms. The van der Waals surface area contributed by atoms with E-state index in [1.54, 1.807) is 25.4 Å². The summed E-state index contributed by atoms with van der Waals surface area (Å²) in [6.07, 6.45) is 6.83. The summed E-state index contributed by atoms with van der Waals surface area (Å²) < 4.78 is 21.1. The molecule has 194 valence electrons. The maximum absolute atomic E-state index is 15.4. The lowest BCUT2D eigenvalue weighted by molar-refractivity contribution is 0.0993. The van der Waals surface area contributed by atoms with Gasteiger partial charge in [-0.2, -0.15) is 0 Å². The van der Waals surface area contributed by atoms with Crippen molar-refractivity contribution < 1.29 is 13.9 Å². The third-order valence-electron chi connectivity index (χ3n) is 7.55. The summed E-state index contributed by atoms with van der Waals surface area (Å²) in [5.74, 6) is 0.810. The zero-order valence-electron chi connectivity index (χ0n) is 21.6. The van der Waals surface area contributed by atoms with Crippen LogP contribution in [0.5, 0.6) is 5.75 Å². The number of rotatable bonds is 9. The Hall–Kier alpha value is -3.45. The summed E-state index contributed by atoms with van der Waals surface area (Å²) in [6.45, 7) is 6.44. The molecule has 0 saturated carbocycles. The van der Waals surface area contributed by atoms with Crippen LogP contribution in [0, 0.1) is 11.7 Å². The minimum absolute atomic E-state index is 0.185. The molecule has 7 heteroatoms. The van der Waals surface area contributed by atoms with Gasteiger partial charge in [0.15, 0.2) is 0 Å². The third-order valence-corrected chi connectivity index (χ3v) is 7.55. The Bertz CT molecular complexity index is 1200. The van der Waals surface area contributed by atoms with Crippen molar-refractivity contribution in [1.29, 1.82) is 0 Å². The predicted octanol–water partition coefficient (Wildman–Crippen LogP) is 5.39. The van der Waals surface area contributed by atoms with Crippen LogP contribution in [0.15, 0.2) is 67.0 Å². The largest absolute Gasteiger partial charge is 0.494 e. The van der Waals surface area contributed by atoms with Crippen molar-refractivity contribution in [1.82, 2.24) is 9.88 Å². The first-order chi connectivity index (χ1) is 18.0. The van der Waals surface area contributed by atoms with Crippen molar-refractivity contribution in [3.8, 4) is 5.75 Å². The highest BCUT2D eigenvalue weighted by Crippen LogP contribution is 2.37. The summed E-state index contributed by atoms with van der Waals surface area (Å²) in [4.78, 5) is 23.4. The average Bonchev–Trinajstić information content (AvgIpc) is 3.49. The number of anilines is 2. The monoisotopic (exact) mass is 502 g/mol. The van der Waals surface area contributed by atoms with Crippen molar-refractivity contribution in [2.75, 3.05) is 43.1 Å². The average molecular weight is 503 g/mol. The molecule has 3 heterocycles. The van der Waals surface area contributed by atoms with Crippen molar-refractivity contribution in [3.63, 3.8) is 0 Å². The number of likely N-dealkylation sites (tertiary alicyclic amines) is 1. The first-order valence-corrected chi connectivity index (χ1v) is 13.2. The molecular weight excluding hydrogens is 467 g/mol. The second kappa shape index (κ2) is 11.3. The number of carbonyl (C=O) groups excluding carboxylic acids is 1. The minimum Gasteiger partial charge on any atom is -0.494 e. The number of carbonyl (C=O) groups is 1. The van der Waals surface area contributed by atoms with Gasteiger partial charge in [-0.3, -0.25) is 14.7 Å². The molecule has 1 aromatic heterocycles. The quantitative estimate of drug-likeness (QED) is 0.368. The van der Waals surface area contributed by atoms with Gasteiger partial charge in [-0.15, -0.1) is 0 Å². The topological polar surface area (TPSA) is 48.9 Å². The molecule has 0 N–H and O–H groups in total. The number of aromatic nitrogens is 1. The van der Waals surface area contributed by atoms with Crippen molar-refractivity contribution in [2.45, 2.75) is 38.8 Å². The Morgan fingerprint density at radius 3 is 2.73 bits per heavy atom. The number of benzene rings is 2. The number of nitrogens with zero attached hydrogens (tertiary/aromatic N) is 4. The van der Waals surface area contributed by atoms with Crippen LogP contribution in [0.4, 0.5) is 15.8 Å². The molecule has 6 nitrogen and oxygen atoms in total. The van der Waals surface area contributed by atoms with Crippen LogP contribution >= 0.6 is 0 Å². The third kappa shape index (κ3) is 5.62. The second-order valence-electron chi connectivity index (χ2n) is 10.1. The molecule has 3 aromatic rings. The number of halogens is 1. The number of hydrogen-bond donors (Lipinski definition) is 0. The molecular formula is C30H35FN4O2. The fourth-order valence-electron chi connectivity index (χ4n) is 5.50. The fraction of sp³-hybridized carbons (Fsp3) is 0.400. The van der Waals surface area contributed by atoms with Crippen molar-refractivity contribution >= 4 is 17.3 Å². The standard InChI is InChI=1S/C30H35FN4O2/c1-3-4-16-37-26-10-7-23(8-11-26)30(36)33(2)25-9-12-28(27(31)17-25)35-15-13-24-20-34(21-29(24)35)19-22-6-5-14-32-18-22/h5-12,14,17-18,24,29H,3-4,13,15-16,19-21H2,1-2H3/t24-,29+/m1/s1. The molecule has 2 aliphatic heterocycles. The van der Waals surface area contributed by atoms with Crippen molar-refractivity contribution in [3.05, 3.63) is 83.9 Å². The highest BCUT2D eigenvalue weighted by molar-refractivity contribution is 6.05. The van der Waals surface area contributed by atoms with Crippen LogP contribution in [-0.4, -0.2) is 55.1 Å². The summed E-state index contributed by atoms with van der Waals surface area (Å²) >= 11 is 0. The van der Waals surface area contributed by atoms with E-state index in [9.17, 15) is 4.79 Å². The van der Waals surface area contributed by atoms with Gasteiger partial charge in [0.05, 0.1) is 12.3 Å². The van der Waals surface area contributed by atoms with Crippen LogP contribution < -0.4 is 14.5 Å². The number of hydrogen-bond acceptors (Lipinski definition) is 5. The second-order valence-corrected chi connectivity index (χ2v) is 10.1. The number of ether oxygens (including phenoxy) is 1. The SMILES string of the molecule is CCCCOc1ccc(C(=O)N(C)c2ccc(N3CC[C@@H]4CN(Cc5cccnc5)C[C@@H]43)c(F)c2)cc1. The molecule has 0 unspecified atom stereocenters. The minimum atomic E-state index is -0.289. The molecule has 5 rings (SSSR count). The van der Waals surface area contributed by atoms with E-state index in [4.69, 9.17) is 4.74 Å². The lowest BCUT2D eigenvalue weighted by Crippen LogP contribution is -2.35. The molecule has 37 heavy (non-hydrogen) atoms. The van der Waals surface area contributed by atoms with E-state index in [0.717, 1.165) is 51.2 Å². The molecule has 2 aliphatic rings. The van der Waals surface area contributed by atoms with E-state index in [1.807, 2.05) is 36.5 Å². The molecule has 0 radical (unpaired) electrons. The Labute approximate surface area is 218 Å². The molecule has 2 aromatic carbocycles. The van der Waals surface area contributed by atoms with Crippen molar-refractivity contribution in [2.24, 2.45) is 5.92 Å². The van der Waals surface area contributed by atoms with E-state index < -0.39 is 0 Å². The number of amides is 1. The van der Waals surface area contributed by atoms with Gasteiger partial charge in [0.2, 0.25) is 0 Å². The lowest BCUT2D eigenvalue weighted by Gasteiger charge is -2.28. The summed E-state index contributed by atoms with van der Waals surface area (Å²) in [6, 6.07) is 16.6. The zero-order chi connectivity index (χ0) is 25.8. The predicted molar refractivity (Wildman–Crippen MR) is 145 cm³/mol. The number of fused-ring (bicyclic) bond motifs is 1. The van der Waals surface area contributed by atoms with E-state index in [-0.39, 0.29) is 11.7 Å². The molecule has 2 saturated heterocycles. The normalized spacial score (nSPS) is 19.2. The van der Waals surface area contributed by atoms with E-state index in [0.29, 0.717) is 35.5 Å². The lowest BCUT2D eigenvalue weighted by atomic mass is 10.0. The number of unbranched alkanes of at least 4 members (excludes halogenated alkanes) is 1. The molecule has 1 amide bonds. The Morgan fingerprint density at radius 1 is 1.16 bits per heavy atom. The van der Waals surface area contributed by atoms with Gasteiger partial charge in [-0.05, 0) is 72.9 Å². The smallest absolute Gasteiger partial charge is 0.258 e.